The Morgan fingerprint density at radius 3 is 2.38 bits per heavy atom. The van der Waals surface area contributed by atoms with Gasteiger partial charge >= 0.3 is 0 Å². The summed E-state index contributed by atoms with van der Waals surface area (Å²) in [5.41, 5.74) is 10.6. The van der Waals surface area contributed by atoms with Gasteiger partial charge in [0.05, 0.1) is 11.7 Å². The van der Waals surface area contributed by atoms with Gasteiger partial charge in [0.25, 0.3) is 5.91 Å². The second-order valence-corrected chi connectivity index (χ2v) is 13.8. The summed E-state index contributed by atoms with van der Waals surface area (Å²) < 4.78 is 14.9. The van der Waals surface area contributed by atoms with Crippen molar-refractivity contribution in [3.63, 3.8) is 0 Å². The van der Waals surface area contributed by atoms with Gasteiger partial charge in [-0.3, -0.25) is 14.4 Å². The van der Waals surface area contributed by atoms with Crippen LogP contribution in [0.5, 0.6) is 0 Å². The van der Waals surface area contributed by atoms with Crippen molar-refractivity contribution in [2.24, 2.45) is 23.5 Å². The van der Waals surface area contributed by atoms with Gasteiger partial charge < -0.3 is 21.5 Å². The average Bonchev–Trinajstić information content (AvgIpc) is 3.80. The molecule has 6 rings (SSSR count). The number of aromatic nitrogens is 4. The Hall–Kier alpha value is -4.81. The number of aliphatic hydroxyl groups is 1. The predicted octanol–water partition coefficient (Wildman–Crippen LogP) is 5.15. The normalized spacial score (nSPS) is 21.0. The van der Waals surface area contributed by atoms with Crippen LogP contribution < -0.4 is 16.4 Å². The largest absolute Gasteiger partial charge is 0.393 e. The Morgan fingerprint density at radius 1 is 0.980 bits per heavy atom. The average molecular weight is 682 g/mol. The maximum atomic E-state index is 14.9. The van der Waals surface area contributed by atoms with Crippen LogP contribution >= 0.6 is 0 Å². The zero-order valence-corrected chi connectivity index (χ0v) is 28.2. The van der Waals surface area contributed by atoms with Gasteiger partial charge in [-0.15, -0.1) is 10.2 Å². The van der Waals surface area contributed by atoms with E-state index in [0.29, 0.717) is 37.3 Å². The lowest BCUT2D eigenvalue weighted by molar-refractivity contribution is -0.129. The quantitative estimate of drug-likeness (QED) is 0.136. The number of hydrogen-bond donors (Lipinski definition) is 5. The first-order valence-corrected chi connectivity index (χ1v) is 17.4. The molecule has 2 saturated carbocycles. The highest BCUT2D eigenvalue weighted by Crippen LogP contribution is 2.32. The summed E-state index contributed by atoms with van der Waals surface area (Å²) in [5.74, 6) is -1.27. The number of ketones is 1. The van der Waals surface area contributed by atoms with Crippen molar-refractivity contribution in [2.45, 2.75) is 76.9 Å². The fourth-order valence-electron chi connectivity index (χ4n) is 7.27. The summed E-state index contributed by atoms with van der Waals surface area (Å²) in [6.45, 7) is 2.58. The Kier molecular flexibility index (Phi) is 11.1. The van der Waals surface area contributed by atoms with Gasteiger partial charge in [-0.25, -0.2) is 4.39 Å². The van der Waals surface area contributed by atoms with Crippen LogP contribution in [-0.4, -0.2) is 62.0 Å². The molecule has 0 spiro atoms. The van der Waals surface area contributed by atoms with Crippen molar-refractivity contribution in [1.29, 1.82) is 0 Å². The number of rotatable bonds is 12. The van der Waals surface area contributed by atoms with Crippen LogP contribution in [0.4, 0.5) is 10.1 Å². The molecule has 2 aliphatic carbocycles. The molecule has 0 radical (unpaired) electrons. The number of H-pyrrole nitrogens is 1. The minimum absolute atomic E-state index is 0.0121. The number of nitrogens with two attached hydrogens (primary N) is 1. The summed E-state index contributed by atoms with van der Waals surface area (Å²) in [7, 11) is 0. The summed E-state index contributed by atoms with van der Waals surface area (Å²) in [6.07, 6.45) is 5.47. The Balaban J connectivity index is 1.15. The van der Waals surface area contributed by atoms with Gasteiger partial charge in [-0.2, -0.15) is 5.21 Å². The maximum Gasteiger partial charge on any atom is 0.251 e. The zero-order valence-electron chi connectivity index (χ0n) is 28.2. The highest BCUT2D eigenvalue weighted by molar-refractivity contribution is 5.96. The van der Waals surface area contributed by atoms with Gasteiger partial charge in [0.15, 0.2) is 0 Å². The van der Waals surface area contributed by atoms with E-state index in [9.17, 15) is 23.9 Å². The van der Waals surface area contributed by atoms with Crippen LogP contribution in [0.3, 0.4) is 0 Å². The van der Waals surface area contributed by atoms with Gasteiger partial charge in [0.1, 0.15) is 11.6 Å². The Bertz CT molecular complexity index is 1810. The van der Waals surface area contributed by atoms with Crippen LogP contribution in [-0.2, 0) is 16.0 Å². The molecule has 3 unspecified atom stereocenters. The molecule has 4 aromatic rings. The summed E-state index contributed by atoms with van der Waals surface area (Å²) in [6, 6.07) is 17.7. The second kappa shape index (κ2) is 15.8. The highest BCUT2D eigenvalue weighted by atomic mass is 19.1. The van der Waals surface area contributed by atoms with Crippen molar-refractivity contribution >= 4 is 23.3 Å². The fraction of sp³-hybridized carbons (Fsp3) is 0.421. The van der Waals surface area contributed by atoms with Gasteiger partial charge in [-0.05, 0) is 129 Å². The number of nitrogens with zero attached hydrogens (tertiary/aromatic N) is 3. The van der Waals surface area contributed by atoms with Crippen molar-refractivity contribution in [2.75, 3.05) is 11.9 Å². The van der Waals surface area contributed by atoms with Crippen LogP contribution in [0, 0.1) is 30.5 Å². The van der Waals surface area contributed by atoms with E-state index in [1.165, 1.54) is 12.1 Å². The second-order valence-electron chi connectivity index (χ2n) is 13.8. The molecule has 50 heavy (non-hydrogen) atoms. The number of carbonyl (C=O) groups is 3. The lowest BCUT2D eigenvalue weighted by Gasteiger charge is -2.27. The highest BCUT2D eigenvalue weighted by Gasteiger charge is 2.30. The molecule has 0 bridgehead atoms. The molecule has 1 heterocycles. The molecule has 2 aliphatic rings. The molecule has 2 fully saturated rings. The molecule has 0 aliphatic heterocycles. The molecule has 6 N–H and O–H groups in total. The van der Waals surface area contributed by atoms with Crippen LogP contribution in [0.1, 0.15) is 72.9 Å². The van der Waals surface area contributed by atoms with Gasteiger partial charge in [0.2, 0.25) is 11.7 Å². The number of tetrazole rings is 1. The topological polar surface area (TPSA) is 176 Å². The molecule has 262 valence electrons. The van der Waals surface area contributed by atoms with Crippen molar-refractivity contribution in [3.8, 4) is 22.5 Å². The molecule has 1 aromatic heterocycles. The SMILES string of the molecule is Cc1cc(C(=O)NC2CCC(O)C2)ccc1-c1ccc(CC(CC(=O)C2CCC(CN)CC2)C(=O)Nc2ccc(-c3nn[nH]n3)c(F)c2)cc1. The maximum absolute atomic E-state index is 14.9. The standard InChI is InChI=1S/C38H44FN7O4/c1-22-16-27(37(49)41-29-11-13-31(47)19-29)10-14-32(22)25-6-2-23(3-7-25)17-28(18-35(48)26-8-4-24(21-40)5-9-26)38(50)42-30-12-15-33(34(39)20-30)36-43-45-46-44-36/h2-3,6-7,10,12,14-16,20,24,26,28-29,31,47H,4-5,8-9,11,13,17-19,21,40H2,1H3,(H,41,49)(H,42,50)(H,43,44,45,46). The fourth-order valence-corrected chi connectivity index (χ4v) is 7.27. The first kappa shape index (κ1) is 35.0. The van der Waals surface area contributed by atoms with E-state index in [4.69, 9.17) is 5.73 Å². The molecule has 2 amide bonds. The predicted molar refractivity (Wildman–Crippen MR) is 187 cm³/mol. The number of hydrogen-bond acceptors (Lipinski definition) is 8. The molecule has 3 aromatic carbocycles. The first-order chi connectivity index (χ1) is 24.2. The first-order valence-electron chi connectivity index (χ1n) is 17.4. The minimum atomic E-state index is -0.666. The number of aryl methyl sites for hydroxylation is 1. The van der Waals surface area contributed by atoms with E-state index in [1.54, 1.807) is 6.07 Å². The van der Waals surface area contributed by atoms with E-state index < -0.39 is 11.7 Å². The number of anilines is 1. The van der Waals surface area contributed by atoms with E-state index >= 15 is 0 Å². The molecule has 11 nitrogen and oxygen atoms in total. The van der Waals surface area contributed by atoms with Crippen molar-refractivity contribution < 1.29 is 23.9 Å². The van der Waals surface area contributed by atoms with Crippen LogP contribution in [0.25, 0.3) is 22.5 Å². The third-order valence-corrected chi connectivity index (χ3v) is 10.3. The number of Topliss-reactive ketones (excluding diaryl/α,β-unsaturated/α-hetero) is 1. The van der Waals surface area contributed by atoms with Gasteiger partial charge in [0, 0.05) is 35.5 Å². The zero-order chi connectivity index (χ0) is 35.2. The third-order valence-electron chi connectivity index (χ3n) is 10.3. The lowest BCUT2D eigenvalue weighted by Crippen LogP contribution is -2.33. The molecular weight excluding hydrogens is 637 g/mol. The smallest absolute Gasteiger partial charge is 0.251 e. The monoisotopic (exact) mass is 681 g/mol. The van der Waals surface area contributed by atoms with E-state index in [0.717, 1.165) is 54.4 Å². The molecular formula is C38H44FN7O4. The number of benzene rings is 3. The third kappa shape index (κ3) is 8.48. The van der Waals surface area contributed by atoms with Crippen LogP contribution in [0.15, 0.2) is 60.7 Å². The summed E-state index contributed by atoms with van der Waals surface area (Å²) in [4.78, 5) is 40.1. The van der Waals surface area contributed by atoms with Gasteiger partial charge in [-0.1, -0.05) is 30.3 Å². The number of nitrogens with one attached hydrogen (secondary N) is 3. The Labute approximate surface area is 290 Å². The van der Waals surface area contributed by atoms with E-state index in [1.807, 2.05) is 49.4 Å². The number of aromatic amines is 1. The summed E-state index contributed by atoms with van der Waals surface area (Å²) in [5, 5.41) is 29.0. The van der Waals surface area contributed by atoms with Crippen LogP contribution in [0.2, 0.25) is 0 Å². The summed E-state index contributed by atoms with van der Waals surface area (Å²) >= 11 is 0. The number of halogens is 1. The van der Waals surface area contributed by atoms with E-state index in [-0.39, 0.29) is 59.2 Å². The van der Waals surface area contributed by atoms with Crippen molar-refractivity contribution in [1.82, 2.24) is 25.9 Å². The number of carbonyl (C=O) groups excluding carboxylic acids is 3. The van der Waals surface area contributed by atoms with Crippen molar-refractivity contribution in [3.05, 3.63) is 83.2 Å². The molecule has 3 atom stereocenters. The van der Waals surface area contributed by atoms with E-state index in [2.05, 4.69) is 31.3 Å². The Morgan fingerprint density at radius 2 is 1.74 bits per heavy atom. The number of amides is 2. The molecule has 0 saturated heterocycles. The minimum Gasteiger partial charge on any atom is -0.393 e. The molecule has 12 heteroatoms. The number of aliphatic hydroxyl groups excluding tert-OH is 1. The lowest BCUT2D eigenvalue weighted by atomic mass is 9.77.